The quantitative estimate of drug-likeness (QED) is 0.872. The van der Waals surface area contributed by atoms with Crippen LogP contribution in [0.2, 0.25) is 0 Å². The minimum absolute atomic E-state index is 0.481. The first-order valence-corrected chi connectivity index (χ1v) is 6.40. The average molecular weight is 286 g/mol. The Hall–Kier alpha value is -0.380. The van der Waals surface area contributed by atoms with E-state index in [1.165, 1.54) is 5.56 Å². The van der Waals surface area contributed by atoms with Gasteiger partial charge in [0, 0.05) is 18.2 Å². The molecule has 2 unspecified atom stereocenters. The molecule has 16 heavy (non-hydrogen) atoms. The van der Waals surface area contributed by atoms with Gasteiger partial charge in [0.1, 0.15) is 0 Å². The van der Waals surface area contributed by atoms with Crippen molar-refractivity contribution in [2.45, 2.75) is 13.3 Å². The Morgan fingerprint density at radius 3 is 2.75 bits per heavy atom. The molecule has 2 nitrogen and oxygen atoms in total. The summed E-state index contributed by atoms with van der Waals surface area (Å²) in [5, 5.41) is 0. The lowest BCUT2D eigenvalue weighted by molar-refractivity contribution is 0.131. The number of nitrogens with two attached hydrogens (primary N) is 1. The maximum atomic E-state index is 5.82. The third-order valence-corrected chi connectivity index (χ3v) is 3.42. The summed E-state index contributed by atoms with van der Waals surface area (Å²) in [6.07, 6.45) is 1.01. The highest BCUT2D eigenvalue weighted by Crippen LogP contribution is 2.19. The third kappa shape index (κ3) is 4.24. The van der Waals surface area contributed by atoms with Crippen LogP contribution in [0.1, 0.15) is 12.5 Å². The smallest absolute Gasteiger partial charge is 0.0491 e. The average Bonchev–Trinajstić information content (AvgIpc) is 2.26. The van der Waals surface area contributed by atoms with Gasteiger partial charge in [-0.2, -0.15) is 0 Å². The van der Waals surface area contributed by atoms with Crippen LogP contribution in [-0.2, 0) is 11.2 Å². The molecule has 0 fully saturated rings. The molecular weight excluding hydrogens is 266 g/mol. The Balaban J connectivity index is 2.62. The van der Waals surface area contributed by atoms with E-state index in [9.17, 15) is 0 Å². The molecule has 0 aliphatic carbocycles. The molecule has 1 aromatic carbocycles. The lowest BCUT2D eigenvalue weighted by Gasteiger charge is -2.22. The zero-order valence-electron chi connectivity index (χ0n) is 9.95. The predicted molar refractivity (Wildman–Crippen MR) is 71.4 cm³/mol. The molecule has 0 heterocycles. The number of hydrogen-bond acceptors (Lipinski definition) is 2. The lowest BCUT2D eigenvalue weighted by atomic mass is 9.88. The van der Waals surface area contributed by atoms with Crippen molar-refractivity contribution in [3.05, 3.63) is 34.3 Å². The third-order valence-electron chi connectivity index (χ3n) is 2.92. The highest BCUT2D eigenvalue weighted by Gasteiger charge is 2.16. The van der Waals surface area contributed by atoms with Crippen molar-refractivity contribution in [3.63, 3.8) is 0 Å². The van der Waals surface area contributed by atoms with Crippen molar-refractivity contribution < 1.29 is 4.74 Å². The van der Waals surface area contributed by atoms with Crippen LogP contribution in [0, 0.1) is 11.8 Å². The second-order valence-corrected chi connectivity index (χ2v) is 5.18. The van der Waals surface area contributed by atoms with Crippen molar-refractivity contribution in [1.82, 2.24) is 0 Å². The topological polar surface area (TPSA) is 35.2 Å². The van der Waals surface area contributed by atoms with E-state index in [1.807, 2.05) is 6.07 Å². The second kappa shape index (κ2) is 7.05. The first-order chi connectivity index (χ1) is 7.67. The molecule has 0 bridgehead atoms. The standard InChI is InChI=1S/C13H20BrNO/c1-10(9-16-2)12(8-15)6-11-4-3-5-13(14)7-11/h3-5,7,10,12H,6,8-9,15H2,1-2H3. The molecule has 0 spiro atoms. The highest BCUT2D eigenvalue weighted by atomic mass is 79.9. The van der Waals surface area contributed by atoms with E-state index >= 15 is 0 Å². The summed E-state index contributed by atoms with van der Waals surface area (Å²) in [4.78, 5) is 0. The van der Waals surface area contributed by atoms with E-state index in [4.69, 9.17) is 10.5 Å². The van der Waals surface area contributed by atoms with Crippen LogP contribution >= 0.6 is 15.9 Å². The Kier molecular flexibility index (Phi) is 6.03. The molecule has 0 amide bonds. The molecule has 0 saturated carbocycles. The van der Waals surface area contributed by atoms with Crippen molar-refractivity contribution in [2.75, 3.05) is 20.3 Å². The van der Waals surface area contributed by atoms with Gasteiger partial charge in [-0.1, -0.05) is 35.0 Å². The number of rotatable bonds is 6. The van der Waals surface area contributed by atoms with Gasteiger partial charge in [0.15, 0.2) is 0 Å². The van der Waals surface area contributed by atoms with Crippen LogP contribution in [0.3, 0.4) is 0 Å². The lowest BCUT2D eigenvalue weighted by Crippen LogP contribution is -2.26. The molecule has 3 heteroatoms. The van der Waals surface area contributed by atoms with Gasteiger partial charge < -0.3 is 10.5 Å². The maximum absolute atomic E-state index is 5.82. The van der Waals surface area contributed by atoms with Crippen LogP contribution in [0.25, 0.3) is 0 Å². The molecule has 0 aromatic heterocycles. The zero-order valence-corrected chi connectivity index (χ0v) is 11.5. The molecule has 0 aliphatic rings. The van der Waals surface area contributed by atoms with Crippen LogP contribution in [0.4, 0.5) is 0 Å². The number of hydrogen-bond donors (Lipinski definition) is 1. The van der Waals surface area contributed by atoms with Crippen molar-refractivity contribution in [3.8, 4) is 0 Å². The summed E-state index contributed by atoms with van der Waals surface area (Å²) in [7, 11) is 1.74. The van der Waals surface area contributed by atoms with Gasteiger partial charge in [-0.3, -0.25) is 0 Å². The number of ether oxygens (including phenoxy) is 1. The SMILES string of the molecule is COCC(C)C(CN)Cc1cccc(Br)c1. The van der Waals surface area contributed by atoms with Gasteiger partial charge >= 0.3 is 0 Å². The Bertz CT molecular complexity index is 317. The van der Waals surface area contributed by atoms with Crippen molar-refractivity contribution in [2.24, 2.45) is 17.6 Å². The fourth-order valence-corrected chi connectivity index (χ4v) is 2.33. The van der Waals surface area contributed by atoms with E-state index < -0.39 is 0 Å². The first kappa shape index (κ1) is 13.7. The van der Waals surface area contributed by atoms with Crippen molar-refractivity contribution in [1.29, 1.82) is 0 Å². The second-order valence-electron chi connectivity index (χ2n) is 4.26. The fraction of sp³-hybridized carbons (Fsp3) is 0.538. The molecule has 0 saturated heterocycles. The molecule has 1 rings (SSSR count). The molecule has 0 radical (unpaired) electrons. The van der Waals surface area contributed by atoms with Gasteiger partial charge in [-0.15, -0.1) is 0 Å². The van der Waals surface area contributed by atoms with Gasteiger partial charge in [0.25, 0.3) is 0 Å². The number of methoxy groups -OCH3 is 1. The molecule has 2 atom stereocenters. The zero-order chi connectivity index (χ0) is 12.0. The van der Waals surface area contributed by atoms with E-state index in [0.29, 0.717) is 18.4 Å². The largest absolute Gasteiger partial charge is 0.384 e. The van der Waals surface area contributed by atoms with Gasteiger partial charge in [-0.25, -0.2) is 0 Å². The summed E-state index contributed by atoms with van der Waals surface area (Å²) >= 11 is 3.49. The maximum Gasteiger partial charge on any atom is 0.0491 e. The molecule has 1 aromatic rings. The van der Waals surface area contributed by atoms with Crippen molar-refractivity contribution >= 4 is 15.9 Å². The predicted octanol–water partition coefficient (Wildman–Crippen LogP) is 2.85. The van der Waals surface area contributed by atoms with Gasteiger partial charge in [0.05, 0.1) is 0 Å². The van der Waals surface area contributed by atoms with E-state index in [-0.39, 0.29) is 0 Å². The molecular formula is C13H20BrNO. The monoisotopic (exact) mass is 285 g/mol. The van der Waals surface area contributed by atoms with Gasteiger partial charge in [-0.05, 0) is 42.5 Å². The summed E-state index contributed by atoms with van der Waals surface area (Å²) in [5.74, 6) is 0.975. The number of halogens is 1. The fourth-order valence-electron chi connectivity index (χ4n) is 1.88. The summed E-state index contributed by atoms with van der Waals surface area (Å²) in [6, 6.07) is 8.41. The van der Waals surface area contributed by atoms with Crippen LogP contribution in [-0.4, -0.2) is 20.3 Å². The Morgan fingerprint density at radius 2 is 2.19 bits per heavy atom. The number of benzene rings is 1. The molecule has 90 valence electrons. The van der Waals surface area contributed by atoms with Crippen LogP contribution in [0.15, 0.2) is 28.7 Å². The highest BCUT2D eigenvalue weighted by molar-refractivity contribution is 9.10. The van der Waals surface area contributed by atoms with Crippen LogP contribution in [0.5, 0.6) is 0 Å². The minimum atomic E-state index is 0.481. The summed E-state index contributed by atoms with van der Waals surface area (Å²) in [5.41, 5.74) is 7.15. The molecule has 0 aliphatic heterocycles. The first-order valence-electron chi connectivity index (χ1n) is 5.60. The Morgan fingerprint density at radius 1 is 1.44 bits per heavy atom. The molecule has 2 N–H and O–H groups in total. The minimum Gasteiger partial charge on any atom is -0.384 e. The van der Waals surface area contributed by atoms with Gasteiger partial charge in [0.2, 0.25) is 0 Å². The van der Waals surface area contributed by atoms with Crippen LogP contribution < -0.4 is 5.73 Å². The summed E-state index contributed by atoms with van der Waals surface area (Å²) in [6.45, 7) is 3.67. The Labute approximate surface area is 106 Å². The normalized spacial score (nSPS) is 14.8. The summed E-state index contributed by atoms with van der Waals surface area (Å²) < 4.78 is 6.31. The van der Waals surface area contributed by atoms with E-state index in [1.54, 1.807) is 7.11 Å². The van der Waals surface area contributed by atoms with E-state index in [0.717, 1.165) is 17.5 Å². The van der Waals surface area contributed by atoms with E-state index in [2.05, 4.69) is 41.1 Å².